The molecule has 0 aromatic heterocycles. The SMILES string of the molecule is CCN(C)CCc1cc(C)c(NC(=O)OC(C)(C)C)cc1C. The molecule has 0 heterocycles. The van der Waals surface area contributed by atoms with Crippen LogP contribution in [-0.4, -0.2) is 36.7 Å². The van der Waals surface area contributed by atoms with Crippen molar-refractivity contribution in [2.75, 3.05) is 25.5 Å². The van der Waals surface area contributed by atoms with E-state index in [1.165, 1.54) is 11.1 Å². The molecule has 1 N–H and O–H groups in total. The first-order valence-corrected chi connectivity index (χ1v) is 7.91. The fourth-order valence-electron chi connectivity index (χ4n) is 2.16. The molecule has 22 heavy (non-hydrogen) atoms. The Labute approximate surface area is 134 Å². The standard InChI is InChI=1S/C18H30N2O2/c1-8-20(7)10-9-15-11-14(3)16(12-13(15)2)19-17(21)22-18(4,5)6/h11-12H,8-10H2,1-7H3,(H,19,21). The van der Waals surface area contributed by atoms with Crippen LogP contribution in [0.1, 0.15) is 44.4 Å². The van der Waals surface area contributed by atoms with Crippen molar-refractivity contribution in [3.63, 3.8) is 0 Å². The monoisotopic (exact) mass is 306 g/mol. The molecular formula is C18H30N2O2. The van der Waals surface area contributed by atoms with Gasteiger partial charge in [0.1, 0.15) is 5.60 Å². The number of hydrogen-bond donors (Lipinski definition) is 1. The fraction of sp³-hybridized carbons (Fsp3) is 0.611. The number of carbonyl (C=O) groups is 1. The van der Waals surface area contributed by atoms with E-state index >= 15 is 0 Å². The number of nitrogens with one attached hydrogen (secondary N) is 1. The van der Waals surface area contributed by atoms with Crippen molar-refractivity contribution < 1.29 is 9.53 Å². The molecular weight excluding hydrogens is 276 g/mol. The van der Waals surface area contributed by atoms with Crippen molar-refractivity contribution in [2.24, 2.45) is 0 Å². The zero-order valence-electron chi connectivity index (χ0n) is 15.0. The van der Waals surface area contributed by atoms with Gasteiger partial charge in [-0.3, -0.25) is 5.32 Å². The summed E-state index contributed by atoms with van der Waals surface area (Å²) in [6.07, 6.45) is 0.609. The molecule has 4 heteroatoms. The molecule has 0 aliphatic heterocycles. The van der Waals surface area contributed by atoms with Crippen LogP contribution in [-0.2, 0) is 11.2 Å². The van der Waals surface area contributed by atoms with Crippen molar-refractivity contribution in [1.82, 2.24) is 4.90 Å². The predicted octanol–water partition coefficient (Wildman–Crippen LogP) is 4.14. The third kappa shape index (κ3) is 6.06. The fourth-order valence-corrected chi connectivity index (χ4v) is 2.16. The lowest BCUT2D eigenvalue weighted by atomic mass is 10.0. The number of rotatable bonds is 5. The Morgan fingerprint density at radius 3 is 2.41 bits per heavy atom. The second kappa shape index (κ2) is 7.63. The van der Waals surface area contributed by atoms with Gasteiger partial charge < -0.3 is 9.64 Å². The molecule has 1 aromatic carbocycles. The maximum atomic E-state index is 11.9. The van der Waals surface area contributed by atoms with Gasteiger partial charge in [-0.2, -0.15) is 0 Å². The molecule has 0 fully saturated rings. The van der Waals surface area contributed by atoms with Crippen molar-refractivity contribution in [3.05, 3.63) is 28.8 Å². The van der Waals surface area contributed by atoms with Gasteiger partial charge in [0.05, 0.1) is 0 Å². The van der Waals surface area contributed by atoms with Gasteiger partial charge in [0.15, 0.2) is 0 Å². The van der Waals surface area contributed by atoms with E-state index in [-0.39, 0.29) is 0 Å². The summed E-state index contributed by atoms with van der Waals surface area (Å²) in [7, 11) is 2.13. The lowest BCUT2D eigenvalue weighted by Gasteiger charge is -2.21. The average Bonchev–Trinajstić information content (AvgIpc) is 2.38. The molecule has 0 saturated heterocycles. The Bertz CT molecular complexity index is 519. The molecule has 1 rings (SSSR count). The van der Waals surface area contributed by atoms with E-state index in [1.54, 1.807) is 0 Å². The highest BCUT2D eigenvalue weighted by atomic mass is 16.6. The number of amides is 1. The van der Waals surface area contributed by atoms with E-state index in [4.69, 9.17) is 4.74 Å². The molecule has 124 valence electrons. The second-order valence-electron chi connectivity index (χ2n) is 6.87. The molecule has 1 aromatic rings. The number of ether oxygens (including phenoxy) is 1. The van der Waals surface area contributed by atoms with Gasteiger partial charge in [-0.05, 0) is 77.4 Å². The quantitative estimate of drug-likeness (QED) is 0.888. The number of nitrogens with zero attached hydrogens (tertiary/aromatic N) is 1. The summed E-state index contributed by atoms with van der Waals surface area (Å²) >= 11 is 0. The Balaban J connectivity index is 2.79. The molecule has 0 bridgehead atoms. The lowest BCUT2D eigenvalue weighted by Crippen LogP contribution is -2.27. The molecule has 0 saturated carbocycles. The zero-order chi connectivity index (χ0) is 16.9. The van der Waals surface area contributed by atoms with E-state index in [9.17, 15) is 4.79 Å². The van der Waals surface area contributed by atoms with Crippen LogP contribution in [0.2, 0.25) is 0 Å². The summed E-state index contributed by atoms with van der Waals surface area (Å²) in [5.41, 5.74) is 3.91. The Morgan fingerprint density at radius 1 is 1.23 bits per heavy atom. The highest BCUT2D eigenvalue weighted by Gasteiger charge is 2.17. The number of likely N-dealkylation sites (N-methyl/N-ethyl adjacent to an activating group) is 1. The van der Waals surface area contributed by atoms with Crippen molar-refractivity contribution in [2.45, 2.75) is 53.6 Å². The van der Waals surface area contributed by atoms with Crippen molar-refractivity contribution in [3.8, 4) is 0 Å². The smallest absolute Gasteiger partial charge is 0.412 e. The molecule has 0 unspecified atom stereocenters. The summed E-state index contributed by atoms with van der Waals surface area (Å²) in [5.74, 6) is 0. The molecule has 0 aliphatic rings. The van der Waals surface area contributed by atoms with E-state index < -0.39 is 11.7 Å². The first kappa shape index (κ1) is 18.5. The molecule has 0 spiro atoms. The van der Waals surface area contributed by atoms with Crippen LogP contribution in [0, 0.1) is 13.8 Å². The maximum Gasteiger partial charge on any atom is 0.412 e. The number of hydrogen-bond acceptors (Lipinski definition) is 3. The van der Waals surface area contributed by atoms with Crippen LogP contribution in [0.15, 0.2) is 12.1 Å². The molecule has 1 amide bonds. The number of carbonyl (C=O) groups excluding carboxylic acids is 1. The van der Waals surface area contributed by atoms with Crippen LogP contribution in [0.3, 0.4) is 0 Å². The van der Waals surface area contributed by atoms with Crippen LogP contribution >= 0.6 is 0 Å². The zero-order valence-corrected chi connectivity index (χ0v) is 15.0. The Hall–Kier alpha value is -1.55. The van der Waals surface area contributed by atoms with E-state index in [0.717, 1.165) is 30.8 Å². The van der Waals surface area contributed by atoms with E-state index in [2.05, 4.69) is 37.2 Å². The largest absolute Gasteiger partial charge is 0.444 e. The normalized spacial score (nSPS) is 11.6. The summed E-state index contributed by atoms with van der Waals surface area (Å²) in [6, 6.07) is 4.19. The molecule has 0 aliphatic carbocycles. The van der Waals surface area contributed by atoms with Gasteiger partial charge in [0, 0.05) is 12.2 Å². The minimum atomic E-state index is -0.488. The van der Waals surface area contributed by atoms with Gasteiger partial charge in [0.25, 0.3) is 0 Å². The van der Waals surface area contributed by atoms with Crippen LogP contribution in [0.4, 0.5) is 10.5 Å². The summed E-state index contributed by atoms with van der Waals surface area (Å²) in [6.45, 7) is 13.9. The van der Waals surface area contributed by atoms with Gasteiger partial charge >= 0.3 is 6.09 Å². The number of anilines is 1. The summed E-state index contributed by atoms with van der Waals surface area (Å²) < 4.78 is 5.30. The van der Waals surface area contributed by atoms with Crippen LogP contribution < -0.4 is 5.32 Å². The van der Waals surface area contributed by atoms with Crippen molar-refractivity contribution >= 4 is 11.8 Å². The number of benzene rings is 1. The first-order chi connectivity index (χ1) is 10.1. The topological polar surface area (TPSA) is 41.6 Å². The van der Waals surface area contributed by atoms with E-state index in [0.29, 0.717) is 0 Å². The van der Waals surface area contributed by atoms with E-state index in [1.807, 2.05) is 33.8 Å². The lowest BCUT2D eigenvalue weighted by molar-refractivity contribution is 0.0636. The van der Waals surface area contributed by atoms with Gasteiger partial charge in [-0.15, -0.1) is 0 Å². The summed E-state index contributed by atoms with van der Waals surface area (Å²) in [4.78, 5) is 14.2. The van der Waals surface area contributed by atoms with Crippen molar-refractivity contribution in [1.29, 1.82) is 0 Å². The van der Waals surface area contributed by atoms with Gasteiger partial charge in [-0.25, -0.2) is 4.79 Å². The second-order valence-corrected chi connectivity index (χ2v) is 6.87. The minimum Gasteiger partial charge on any atom is -0.444 e. The maximum absolute atomic E-state index is 11.9. The van der Waals surface area contributed by atoms with Gasteiger partial charge in [0.2, 0.25) is 0 Å². The first-order valence-electron chi connectivity index (χ1n) is 7.91. The minimum absolute atomic E-state index is 0.409. The number of aryl methyl sites for hydroxylation is 2. The molecule has 4 nitrogen and oxygen atoms in total. The average molecular weight is 306 g/mol. The van der Waals surface area contributed by atoms with Crippen LogP contribution in [0.5, 0.6) is 0 Å². The molecule has 0 atom stereocenters. The molecule has 0 radical (unpaired) electrons. The third-order valence-electron chi connectivity index (χ3n) is 3.62. The highest BCUT2D eigenvalue weighted by Crippen LogP contribution is 2.22. The summed E-state index contributed by atoms with van der Waals surface area (Å²) in [5, 5.41) is 2.84. The Morgan fingerprint density at radius 2 is 1.86 bits per heavy atom. The van der Waals surface area contributed by atoms with Crippen LogP contribution in [0.25, 0.3) is 0 Å². The third-order valence-corrected chi connectivity index (χ3v) is 3.62. The highest BCUT2D eigenvalue weighted by molar-refractivity contribution is 5.86. The predicted molar refractivity (Wildman–Crippen MR) is 92.6 cm³/mol. The van der Waals surface area contributed by atoms with Gasteiger partial charge in [-0.1, -0.05) is 13.0 Å². The Kier molecular flexibility index (Phi) is 6.42.